The fourth-order valence-corrected chi connectivity index (χ4v) is 1.21. The van der Waals surface area contributed by atoms with Crippen LogP contribution < -0.4 is 44.2 Å². The number of phosphoric acid groups is 2. The van der Waals surface area contributed by atoms with Gasteiger partial charge < -0.3 is 33.9 Å². The molecule has 0 fully saturated rings. The molecule has 0 aromatic rings. The van der Waals surface area contributed by atoms with Crippen molar-refractivity contribution in [1.29, 1.82) is 0 Å². The molecule has 0 amide bonds. The minimum Gasteiger partial charge on any atom is -0.786 e. The second kappa shape index (κ2) is 9.75. The Morgan fingerprint density at radius 1 is 1.00 bits per heavy atom. The summed E-state index contributed by atoms with van der Waals surface area (Å²) in [6, 6.07) is 0. The van der Waals surface area contributed by atoms with Crippen LogP contribution in [0.1, 0.15) is 0 Å². The third kappa shape index (κ3) is 56.7. The molecule has 3 N–H and O–H groups in total. The van der Waals surface area contributed by atoms with E-state index in [2.05, 4.69) is 4.31 Å². The Hall–Kier alpha value is 1.86. The molecule has 10 nitrogen and oxygen atoms in total. The van der Waals surface area contributed by atoms with Crippen molar-refractivity contribution in [3.63, 3.8) is 0 Å². The van der Waals surface area contributed by atoms with Crippen LogP contribution in [0, 0.1) is 0 Å². The minimum atomic E-state index is -5.64. The van der Waals surface area contributed by atoms with E-state index in [1.165, 1.54) is 0 Å². The molecule has 94 valence electrons. The molecule has 16 heteroatoms. The first-order valence-electron chi connectivity index (χ1n) is 2.23. The van der Waals surface area contributed by atoms with Crippen molar-refractivity contribution in [2.45, 2.75) is 0 Å². The Morgan fingerprint density at radius 3 is 1.19 bits per heavy atom. The number of halogens is 1. The van der Waals surface area contributed by atoms with Gasteiger partial charge in [0.15, 0.2) is 0 Å². The van der Waals surface area contributed by atoms with E-state index in [-0.39, 0.29) is 46.6 Å². The fourth-order valence-electron chi connectivity index (χ4n) is 0.134. The maximum absolute atomic E-state index is 10.1. The monoisotopic (exact) mass is 354 g/mol. The van der Waals surface area contributed by atoms with Crippen LogP contribution in [0.4, 0.5) is 4.20 Å². The zero-order valence-electron chi connectivity index (χ0n) is 7.27. The van der Waals surface area contributed by atoms with Gasteiger partial charge in [0, 0.05) is 0 Å². The van der Waals surface area contributed by atoms with Gasteiger partial charge >= 0.3 is 54.4 Å². The summed E-state index contributed by atoms with van der Waals surface area (Å²) >= 11 is 0. The summed E-state index contributed by atoms with van der Waals surface area (Å²) in [5.74, 6) is 0. The van der Waals surface area contributed by atoms with Crippen molar-refractivity contribution in [1.82, 2.24) is 0 Å². The van der Waals surface area contributed by atoms with Crippen LogP contribution in [-0.4, -0.2) is 14.7 Å². The first kappa shape index (κ1) is 26.4. The molecule has 0 heterocycles. The van der Waals surface area contributed by atoms with Crippen LogP contribution >= 0.6 is 23.6 Å². The summed E-state index contributed by atoms with van der Waals surface area (Å²) in [5.41, 5.74) is 0. The molecular formula is H3FFeNaO10P3. The molecule has 0 bridgehead atoms. The second-order valence-electron chi connectivity index (χ2n) is 1.47. The van der Waals surface area contributed by atoms with E-state index >= 15 is 0 Å². The average molecular weight is 354 g/mol. The van der Waals surface area contributed by atoms with Crippen LogP contribution in [0.15, 0.2) is 0 Å². The van der Waals surface area contributed by atoms with Gasteiger partial charge in [-0.1, -0.05) is 0 Å². The van der Waals surface area contributed by atoms with Crippen LogP contribution in [0.2, 0.25) is 0 Å². The Kier molecular flexibility index (Phi) is 16.1. The molecule has 0 saturated heterocycles. The van der Waals surface area contributed by atoms with Gasteiger partial charge in [-0.05, 0) is 0 Å². The molecule has 16 heavy (non-hydrogen) atoms. The third-order valence-corrected chi connectivity index (χ3v) is 1.89. The summed E-state index contributed by atoms with van der Waals surface area (Å²) in [4.78, 5) is 49.4. The molecule has 0 rings (SSSR count). The van der Waals surface area contributed by atoms with Crippen LogP contribution in [0.25, 0.3) is 0 Å². The quantitative estimate of drug-likeness (QED) is 0.318. The number of hydrogen-bond donors (Lipinski definition) is 3. The molecule has 0 aromatic heterocycles. The molecule has 0 aliphatic heterocycles. The molecule has 0 aromatic carbocycles. The molecule has 0 saturated carbocycles. The van der Waals surface area contributed by atoms with Gasteiger partial charge in [0.1, 0.15) is 7.91 Å². The maximum atomic E-state index is 10.1. The van der Waals surface area contributed by atoms with E-state index in [9.17, 15) is 18.2 Å². The first-order chi connectivity index (χ1) is 5.71. The summed E-state index contributed by atoms with van der Waals surface area (Å²) in [7, 11) is -16.1. The Labute approximate surface area is 121 Å². The molecule has 1 unspecified atom stereocenters. The summed E-state index contributed by atoms with van der Waals surface area (Å²) < 4.78 is 40.5. The van der Waals surface area contributed by atoms with E-state index in [1.54, 1.807) is 0 Å². The van der Waals surface area contributed by atoms with Crippen molar-refractivity contribution < 1.29 is 98.2 Å². The molecular weight excluding hydrogens is 351 g/mol. The standard InChI is InChI=1S/FH2O3P.Fe.Na.H4O7P2/c1-5(2,3)4;;;1-8(2,3)7-9(4,5)6/h(H2,2,3,4);;;(H2,1,2,3)(H2,4,5,6)/q;+2;+1;/p-3. The summed E-state index contributed by atoms with van der Waals surface area (Å²) in [6.45, 7) is 0. The van der Waals surface area contributed by atoms with Crippen molar-refractivity contribution in [2.75, 3.05) is 0 Å². The van der Waals surface area contributed by atoms with Crippen molar-refractivity contribution in [2.24, 2.45) is 0 Å². The summed E-state index contributed by atoms with van der Waals surface area (Å²) in [5, 5.41) is 0. The topological polar surface area (TPSA) is 190 Å². The molecule has 0 spiro atoms. The Morgan fingerprint density at radius 2 is 1.19 bits per heavy atom. The van der Waals surface area contributed by atoms with Crippen LogP contribution in [0.3, 0.4) is 0 Å². The second-order valence-corrected chi connectivity index (χ2v) is 4.90. The normalized spacial score (nSPS) is 14.4. The van der Waals surface area contributed by atoms with Gasteiger partial charge in [-0.3, -0.25) is 4.57 Å². The van der Waals surface area contributed by atoms with Crippen LogP contribution in [0.5, 0.6) is 0 Å². The number of hydrogen-bond acceptors (Lipinski definition) is 7. The zero-order valence-corrected chi connectivity index (χ0v) is 13.1. The Balaban J connectivity index is -0.0000000904. The van der Waals surface area contributed by atoms with Gasteiger partial charge in [0.2, 0.25) is 0 Å². The van der Waals surface area contributed by atoms with Crippen LogP contribution in [-0.2, 0) is 35.1 Å². The van der Waals surface area contributed by atoms with Gasteiger partial charge in [0.05, 0.1) is 0 Å². The van der Waals surface area contributed by atoms with E-state index in [0.717, 1.165) is 0 Å². The predicted molar refractivity (Wildman–Crippen MR) is 31.7 cm³/mol. The van der Waals surface area contributed by atoms with E-state index in [1.807, 2.05) is 0 Å². The predicted octanol–water partition coefficient (Wildman–Crippen LogP) is -5.66. The molecule has 1 atom stereocenters. The smallest absolute Gasteiger partial charge is 0.786 e. The zero-order chi connectivity index (χ0) is 12.2. The third-order valence-electron chi connectivity index (χ3n) is 0.210. The molecule has 0 aliphatic carbocycles. The van der Waals surface area contributed by atoms with E-state index in [0.29, 0.717) is 0 Å². The largest absolute Gasteiger partial charge is 2.00 e. The fraction of sp³-hybridized carbons (Fsp3) is 0. The van der Waals surface area contributed by atoms with Crippen molar-refractivity contribution >= 4 is 23.6 Å². The summed E-state index contributed by atoms with van der Waals surface area (Å²) in [6.07, 6.45) is 0. The van der Waals surface area contributed by atoms with E-state index < -0.39 is 23.6 Å². The van der Waals surface area contributed by atoms with Crippen molar-refractivity contribution in [3.8, 4) is 0 Å². The SMILES string of the molecule is O=P([O-])(O)OP(=O)(O)O.O=P([O-])([O-])F.[Fe+2].[Na+]. The first-order valence-corrected chi connectivity index (χ1v) is 6.69. The molecule has 0 aliphatic rings. The average Bonchev–Trinajstić information content (AvgIpc) is 1.42. The minimum absolute atomic E-state index is 0. The maximum Gasteiger partial charge on any atom is 2.00 e. The number of rotatable bonds is 2. The van der Waals surface area contributed by atoms with Gasteiger partial charge in [-0.2, -0.15) is 0 Å². The Bertz CT molecular complexity index is 269. The van der Waals surface area contributed by atoms with Gasteiger partial charge in [-0.15, -0.1) is 0 Å². The van der Waals surface area contributed by atoms with Crippen molar-refractivity contribution in [3.05, 3.63) is 0 Å². The van der Waals surface area contributed by atoms with Gasteiger partial charge in [0.25, 0.3) is 7.82 Å². The molecule has 0 radical (unpaired) electrons. The van der Waals surface area contributed by atoms with Gasteiger partial charge in [-0.25, -0.2) is 13.1 Å². The van der Waals surface area contributed by atoms with E-state index in [4.69, 9.17) is 29.0 Å².